The van der Waals surface area contributed by atoms with Gasteiger partial charge in [0, 0.05) is 0 Å². The van der Waals surface area contributed by atoms with Crippen LogP contribution in [0.2, 0.25) is 0 Å². The van der Waals surface area contributed by atoms with Gasteiger partial charge in [-0.25, -0.2) is 0 Å². The molecule has 0 amide bonds. The lowest BCUT2D eigenvalue weighted by atomic mass is 9.78. The number of ether oxygens (including phenoxy) is 1. The van der Waals surface area contributed by atoms with Crippen molar-refractivity contribution >= 4 is 12.6 Å². The van der Waals surface area contributed by atoms with E-state index in [4.69, 9.17) is 14.8 Å². The van der Waals surface area contributed by atoms with Gasteiger partial charge in [0.25, 0.3) is 0 Å². The quantitative estimate of drug-likeness (QED) is 0.684. The van der Waals surface area contributed by atoms with Crippen molar-refractivity contribution in [3.05, 3.63) is 23.3 Å². The molecule has 0 radical (unpaired) electrons. The monoisotopic (exact) mass is 194 g/mol. The van der Waals surface area contributed by atoms with E-state index in [1.54, 1.807) is 12.1 Å². The zero-order valence-electron chi connectivity index (χ0n) is 8.74. The number of benzene rings is 1. The highest BCUT2D eigenvalue weighted by molar-refractivity contribution is 6.58. The van der Waals surface area contributed by atoms with Crippen LogP contribution in [0.25, 0.3) is 0 Å². The molecular formula is C10H15BO3. The summed E-state index contributed by atoms with van der Waals surface area (Å²) >= 11 is 0. The number of hydrogen-bond donors (Lipinski definition) is 2. The van der Waals surface area contributed by atoms with E-state index in [-0.39, 0.29) is 0 Å². The molecule has 1 aromatic carbocycles. The van der Waals surface area contributed by atoms with Gasteiger partial charge in [-0.05, 0) is 37.4 Å². The first-order valence-corrected chi connectivity index (χ1v) is 4.66. The third kappa shape index (κ3) is 2.27. The minimum absolute atomic E-state index is 0.503. The van der Waals surface area contributed by atoms with Gasteiger partial charge >= 0.3 is 7.12 Å². The van der Waals surface area contributed by atoms with Crippen molar-refractivity contribution in [1.29, 1.82) is 0 Å². The Hall–Kier alpha value is -0.995. The van der Waals surface area contributed by atoms with E-state index in [1.165, 1.54) is 0 Å². The second-order valence-electron chi connectivity index (χ2n) is 3.29. The zero-order valence-corrected chi connectivity index (χ0v) is 8.74. The minimum Gasteiger partial charge on any atom is -0.493 e. The molecule has 14 heavy (non-hydrogen) atoms. The largest absolute Gasteiger partial charge is 0.493 e. The second-order valence-corrected chi connectivity index (χ2v) is 3.29. The van der Waals surface area contributed by atoms with Crippen molar-refractivity contribution in [2.45, 2.75) is 20.8 Å². The minimum atomic E-state index is -1.41. The van der Waals surface area contributed by atoms with Crippen LogP contribution in [0.15, 0.2) is 12.1 Å². The lowest BCUT2D eigenvalue weighted by Gasteiger charge is -2.12. The van der Waals surface area contributed by atoms with Crippen LogP contribution in [0.3, 0.4) is 0 Å². The summed E-state index contributed by atoms with van der Waals surface area (Å²) in [6.45, 7) is 6.32. The zero-order chi connectivity index (χ0) is 10.7. The fourth-order valence-corrected chi connectivity index (χ4v) is 1.50. The summed E-state index contributed by atoms with van der Waals surface area (Å²) in [5.41, 5.74) is 2.35. The van der Waals surface area contributed by atoms with E-state index >= 15 is 0 Å². The van der Waals surface area contributed by atoms with Gasteiger partial charge in [-0.15, -0.1) is 0 Å². The van der Waals surface area contributed by atoms with Gasteiger partial charge in [0.1, 0.15) is 5.75 Å². The summed E-state index contributed by atoms with van der Waals surface area (Å²) < 4.78 is 5.44. The van der Waals surface area contributed by atoms with Crippen molar-refractivity contribution < 1.29 is 14.8 Å². The maximum absolute atomic E-state index is 9.01. The van der Waals surface area contributed by atoms with E-state index < -0.39 is 7.12 Å². The van der Waals surface area contributed by atoms with E-state index in [1.807, 2.05) is 20.8 Å². The lowest BCUT2D eigenvalue weighted by molar-refractivity contribution is 0.335. The Morgan fingerprint density at radius 3 is 2.07 bits per heavy atom. The van der Waals surface area contributed by atoms with Crippen molar-refractivity contribution in [3.8, 4) is 5.75 Å². The summed E-state index contributed by atoms with van der Waals surface area (Å²) in [5.74, 6) is 0.830. The Bertz CT molecular complexity index is 300. The van der Waals surface area contributed by atoms with E-state index in [9.17, 15) is 0 Å². The van der Waals surface area contributed by atoms with Crippen molar-refractivity contribution in [1.82, 2.24) is 0 Å². The van der Waals surface area contributed by atoms with Gasteiger partial charge < -0.3 is 14.8 Å². The van der Waals surface area contributed by atoms with Crippen LogP contribution in [0.4, 0.5) is 0 Å². The summed E-state index contributed by atoms with van der Waals surface area (Å²) in [7, 11) is -1.41. The summed E-state index contributed by atoms with van der Waals surface area (Å²) in [5, 5.41) is 18.0. The maximum Gasteiger partial charge on any atom is 0.488 e. The van der Waals surface area contributed by atoms with Crippen LogP contribution in [0.1, 0.15) is 18.1 Å². The standard InChI is InChI=1S/C10H15BO3/c1-4-14-10-7(2)5-9(11(12)13)6-8(10)3/h5-6,12-13H,4H2,1-3H3. The lowest BCUT2D eigenvalue weighted by Crippen LogP contribution is -2.30. The molecule has 3 nitrogen and oxygen atoms in total. The highest BCUT2D eigenvalue weighted by atomic mass is 16.5. The Labute approximate surface area is 84.5 Å². The molecule has 0 aromatic heterocycles. The van der Waals surface area contributed by atoms with E-state index in [0.29, 0.717) is 12.1 Å². The fourth-order valence-electron chi connectivity index (χ4n) is 1.50. The van der Waals surface area contributed by atoms with Crippen LogP contribution in [-0.2, 0) is 0 Å². The third-order valence-electron chi connectivity index (χ3n) is 2.07. The average molecular weight is 194 g/mol. The first-order chi connectivity index (χ1) is 6.56. The Morgan fingerprint density at radius 2 is 1.71 bits per heavy atom. The number of hydrogen-bond acceptors (Lipinski definition) is 3. The second kappa shape index (κ2) is 4.48. The predicted octanol–water partition coefficient (Wildman–Crippen LogP) is 0.382. The topological polar surface area (TPSA) is 49.7 Å². The molecule has 0 aliphatic carbocycles. The molecule has 1 aromatic rings. The summed E-state index contributed by atoms with van der Waals surface area (Å²) in [6, 6.07) is 3.45. The molecule has 1 rings (SSSR count). The molecule has 4 heteroatoms. The molecule has 0 bridgehead atoms. The van der Waals surface area contributed by atoms with Crippen molar-refractivity contribution in [2.75, 3.05) is 6.61 Å². The highest BCUT2D eigenvalue weighted by Crippen LogP contribution is 2.21. The normalized spacial score (nSPS) is 10.1. The maximum atomic E-state index is 9.01. The van der Waals surface area contributed by atoms with Crippen LogP contribution < -0.4 is 10.2 Å². The Morgan fingerprint density at radius 1 is 1.21 bits per heavy atom. The molecule has 0 saturated carbocycles. The molecule has 0 aliphatic heterocycles. The SMILES string of the molecule is CCOc1c(C)cc(B(O)O)cc1C. The molecular weight excluding hydrogens is 179 g/mol. The smallest absolute Gasteiger partial charge is 0.488 e. The third-order valence-corrected chi connectivity index (χ3v) is 2.07. The van der Waals surface area contributed by atoms with Crippen molar-refractivity contribution in [2.24, 2.45) is 0 Å². The van der Waals surface area contributed by atoms with Gasteiger partial charge in [-0.2, -0.15) is 0 Å². The van der Waals surface area contributed by atoms with Gasteiger partial charge in [-0.3, -0.25) is 0 Å². The van der Waals surface area contributed by atoms with Gasteiger partial charge in [0.15, 0.2) is 0 Å². The van der Waals surface area contributed by atoms with Gasteiger partial charge in [0.05, 0.1) is 6.61 Å². The first kappa shape index (κ1) is 11.1. The number of aryl methyl sites for hydroxylation is 2. The fraction of sp³-hybridized carbons (Fsp3) is 0.400. The molecule has 0 spiro atoms. The summed E-state index contributed by atoms with van der Waals surface area (Å²) in [4.78, 5) is 0. The van der Waals surface area contributed by atoms with Crippen molar-refractivity contribution in [3.63, 3.8) is 0 Å². The first-order valence-electron chi connectivity index (χ1n) is 4.66. The molecule has 0 fully saturated rings. The molecule has 2 N–H and O–H groups in total. The van der Waals surface area contributed by atoms with Crippen LogP contribution >= 0.6 is 0 Å². The highest BCUT2D eigenvalue weighted by Gasteiger charge is 2.14. The predicted molar refractivity (Wildman–Crippen MR) is 56.9 cm³/mol. The molecule has 0 heterocycles. The molecule has 0 atom stereocenters. The Kier molecular flexibility index (Phi) is 3.55. The molecule has 0 saturated heterocycles. The van der Waals surface area contributed by atoms with Crippen LogP contribution in [-0.4, -0.2) is 23.8 Å². The van der Waals surface area contributed by atoms with Crippen LogP contribution in [0, 0.1) is 13.8 Å². The van der Waals surface area contributed by atoms with Crippen LogP contribution in [0.5, 0.6) is 5.75 Å². The van der Waals surface area contributed by atoms with E-state index in [2.05, 4.69) is 0 Å². The van der Waals surface area contributed by atoms with Gasteiger partial charge in [-0.1, -0.05) is 12.1 Å². The average Bonchev–Trinajstić information content (AvgIpc) is 2.10. The molecule has 0 aliphatic rings. The van der Waals surface area contributed by atoms with Gasteiger partial charge in [0.2, 0.25) is 0 Å². The van der Waals surface area contributed by atoms with E-state index in [0.717, 1.165) is 16.9 Å². The molecule has 76 valence electrons. The Balaban J connectivity index is 3.11. The summed E-state index contributed by atoms with van der Waals surface area (Å²) in [6.07, 6.45) is 0. The number of rotatable bonds is 3. The molecule has 0 unspecified atom stereocenters.